The number of hydrogen-bond donors (Lipinski definition) is 0. The maximum absolute atomic E-state index is 12.7. The lowest BCUT2D eigenvalue weighted by atomic mass is 9.95. The molecular weight excluding hydrogens is 444 g/mol. The van der Waals surface area contributed by atoms with Crippen LogP contribution in [0.15, 0.2) is 17.3 Å². The molecule has 0 radical (unpaired) electrons. The molecule has 2 fully saturated rings. The number of nitrogens with zero attached hydrogens (tertiary/aromatic N) is 4. The average molecular weight is 477 g/mol. The number of aromatic nitrogens is 3. The number of benzene rings is 1. The van der Waals surface area contributed by atoms with E-state index in [0.29, 0.717) is 55.3 Å². The minimum absolute atomic E-state index is 0.107. The molecule has 1 aromatic carbocycles. The summed E-state index contributed by atoms with van der Waals surface area (Å²) in [6, 6.07) is 4.10. The molecule has 0 spiro atoms. The number of methoxy groups -OCH3 is 3. The second kappa shape index (κ2) is 11.1. The predicted molar refractivity (Wildman–Crippen MR) is 125 cm³/mol. The standard InChI is InChI=1S/C23H32N4O5S/c1-29-18-13-16(14-19(30-2)21(18)31-3)22-24-25-23(27(22)17-7-5-4-6-8-17)33-15-20(28)26-9-11-32-12-10-26/h13-14,17H,4-12,15H2,1-3H3. The lowest BCUT2D eigenvalue weighted by molar-refractivity contribution is -0.132. The zero-order valence-electron chi connectivity index (χ0n) is 19.5. The molecule has 1 aromatic heterocycles. The lowest BCUT2D eigenvalue weighted by Gasteiger charge is -2.27. The maximum Gasteiger partial charge on any atom is 0.233 e. The Bertz CT molecular complexity index is 929. The zero-order valence-corrected chi connectivity index (χ0v) is 20.4. The lowest BCUT2D eigenvalue weighted by Crippen LogP contribution is -2.41. The first-order valence-electron chi connectivity index (χ1n) is 11.4. The zero-order chi connectivity index (χ0) is 23.2. The second-order valence-electron chi connectivity index (χ2n) is 8.16. The SMILES string of the molecule is COc1cc(-c2nnc(SCC(=O)N3CCOCC3)n2C2CCCCC2)cc(OC)c1OC. The Balaban J connectivity index is 1.66. The van der Waals surface area contributed by atoms with Gasteiger partial charge in [-0.25, -0.2) is 0 Å². The number of thioether (sulfide) groups is 1. The molecular formula is C23H32N4O5S. The fourth-order valence-corrected chi connectivity index (χ4v) is 5.39. The Morgan fingerprint density at radius 1 is 1.03 bits per heavy atom. The van der Waals surface area contributed by atoms with E-state index in [-0.39, 0.29) is 5.91 Å². The molecule has 1 aliphatic heterocycles. The van der Waals surface area contributed by atoms with Gasteiger partial charge in [0.15, 0.2) is 22.5 Å². The van der Waals surface area contributed by atoms with E-state index in [1.165, 1.54) is 31.0 Å². The number of rotatable bonds is 8. The van der Waals surface area contributed by atoms with Crippen molar-refractivity contribution in [1.82, 2.24) is 19.7 Å². The summed E-state index contributed by atoms with van der Waals surface area (Å²) in [5.41, 5.74) is 0.842. The highest BCUT2D eigenvalue weighted by molar-refractivity contribution is 7.99. The third kappa shape index (κ3) is 5.22. The van der Waals surface area contributed by atoms with Crippen molar-refractivity contribution >= 4 is 17.7 Å². The van der Waals surface area contributed by atoms with Crippen molar-refractivity contribution < 1.29 is 23.7 Å². The summed E-state index contributed by atoms with van der Waals surface area (Å²) >= 11 is 1.46. The molecule has 33 heavy (non-hydrogen) atoms. The number of morpholine rings is 1. The molecule has 0 N–H and O–H groups in total. The van der Waals surface area contributed by atoms with Gasteiger partial charge >= 0.3 is 0 Å². The smallest absolute Gasteiger partial charge is 0.233 e. The number of carbonyl (C=O) groups is 1. The maximum atomic E-state index is 12.7. The van der Waals surface area contributed by atoms with Crippen LogP contribution in [0.2, 0.25) is 0 Å². The third-order valence-corrected chi connectivity index (χ3v) is 7.14. The molecule has 9 nitrogen and oxygen atoms in total. The Morgan fingerprint density at radius 2 is 1.70 bits per heavy atom. The molecule has 180 valence electrons. The van der Waals surface area contributed by atoms with Gasteiger partial charge in [-0.2, -0.15) is 0 Å². The van der Waals surface area contributed by atoms with E-state index in [4.69, 9.17) is 18.9 Å². The fraction of sp³-hybridized carbons (Fsp3) is 0.609. The summed E-state index contributed by atoms with van der Waals surface area (Å²) < 4.78 is 24.1. The van der Waals surface area contributed by atoms with Gasteiger partial charge in [0.05, 0.1) is 40.3 Å². The van der Waals surface area contributed by atoms with Gasteiger partial charge < -0.3 is 23.8 Å². The van der Waals surface area contributed by atoms with E-state index in [1.54, 1.807) is 21.3 Å². The normalized spacial score (nSPS) is 17.1. The molecule has 1 saturated heterocycles. The molecule has 2 aromatic rings. The van der Waals surface area contributed by atoms with Gasteiger partial charge in [-0.05, 0) is 25.0 Å². The quantitative estimate of drug-likeness (QED) is 0.536. The van der Waals surface area contributed by atoms with Crippen molar-refractivity contribution in [2.24, 2.45) is 0 Å². The number of ether oxygens (including phenoxy) is 4. The Hall–Kier alpha value is -2.46. The summed E-state index contributed by atoms with van der Waals surface area (Å²) in [6.07, 6.45) is 5.74. The summed E-state index contributed by atoms with van der Waals surface area (Å²) in [7, 11) is 4.79. The van der Waals surface area contributed by atoms with Crippen LogP contribution in [0.4, 0.5) is 0 Å². The van der Waals surface area contributed by atoms with Crippen LogP contribution >= 0.6 is 11.8 Å². The van der Waals surface area contributed by atoms with Crippen LogP contribution in [0.25, 0.3) is 11.4 Å². The van der Waals surface area contributed by atoms with Crippen LogP contribution in [0, 0.1) is 0 Å². The van der Waals surface area contributed by atoms with Gasteiger partial charge in [0.1, 0.15) is 0 Å². The highest BCUT2D eigenvalue weighted by atomic mass is 32.2. The Kier molecular flexibility index (Phi) is 7.97. The molecule has 10 heteroatoms. The van der Waals surface area contributed by atoms with Crippen LogP contribution in [0.3, 0.4) is 0 Å². The molecule has 0 atom stereocenters. The molecule has 4 rings (SSSR count). The number of amides is 1. The average Bonchev–Trinajstić information content (AvgIpc) is 3.31. The van der Waals surface area contributed by atoms with Gasteiger partial charge in [-0.15, -0.1) is 10.2 Å². The van der Waals surface area contributed by atoms with Crippen molar-refractivity contribution in [2.75, 3.05) is 53.4 Å². The van der Waals surface area contributed by atoms with E-state index in [1.807, 2.05) is 17.0 Å². The van der Waals surface area contributed by atoms with Gasteiger partial charge in [-0.3, -0.25) is 9.36 Å². The summed E-state index contributed by atoms with van der Waals surface area (Å²) in [5, 5.41) is 9.83. The molecule has 0 unspecified atom stereocenters. The van der Waals surface area contributed by atoms with Crippen molar-refractivity contribution in [3.05, 3.63) is 12.1 Å². The van der Waals surface area contributed by atoms with Crippen LogP contribution in [-0.4, -0.2) is 79.0 Å². The van der Waals surface area contributed by atoms with Crippen molar-refractivity contribution in [2.45, 2.75) is 43.3 Å². The van der Waals surface area contributed by atoms with Crippen LogP contribution in [-0.2, 0) is 9.53 Å². The first-order valence-corrected chi connectivity index (χ1v) is 12.4. The molecule has 1 saturated carbocycles. The highest BCUT2D eigenvalue weighted by Gasteiger charge is 2.27. The van der Waals surface area contributed by atoms with Gasteiger partial charge in [0.25, 0.3) is 0 Å². The molecule has 2 aliphatic rings. The van der Waals surface area contributed by atoms with E-state index in [0.717, 1.165) is 29.4 Å². The molecule has 0 bridgehead atoms. The Morgan fingerprint density at radius 3 is 2.30 bits per heavy atom. The van der Waals surface area contributed by atoms with Crippen LogP contribution in [0.1, 0.15) is 38.1 Å². The van der Waals surface area contributed by atoms with E-state index in [2.05, 4.69) is 14.8 Å². The third-order valence-electron chi connectivity index (χ3n) is 6.22. The van der Waals surface area contributed by atoms with E-state index < -0.39 is 0 Å². The molecule has 2 heterocycles. The predicted octanol–water partition coefficient (Wildman–Crippen LogP) is 3.43. The van der Waals surface area contributed by atoms with E-state index >= 15 is 0 Å². The monoisotopic (exact) mass is 476 g/mol. The van der Waals surface area contributed by atoms with E-state index in [9.17, 15) is 4.79 Å². The van der Waals surface area contributed by atoms with Gasteiger partial charge in [0, 0.05) is 24.7 Å². The Labute approximate surface area is 198 Å². The minimum Gasteiger partial charge on any atom is -0.493 e. The topological polar surface area (TPSA) is 87.9 Å². The van der Waals surface area contributed by atoms with Crippen molar-refractivity contribution in [1.29, 1.82) is 0 Å². The van der Waals surface area contributed by atoms with Crippen molar-refractivity contribution in [3.63, 3.8) is 0 Å². The minimum atomic E-state index is 0.107. The molecule has 1 aliphatic carbocycles. The van der Waals surface area contributed by atoms with Crippen molar-refractivity contribution in [3.8, 4) is 28.6 Å². The largest absolute Gasteiger partial charge is 0.493 e. The van der Waals surface area contributed by atoms with Crippen LogP contribution in [0.5, 0.6) is 17.2 Å². The van der Waals surface area contributed by atoms with Crippen LogP contribution < -0.4 is 14.2 Å². The summed E-state index contributed by atoms with van der Waals surface area (Å²) in [6.45, 7) is 2.48. The summed E-state index contributed by atoms with van der Waals surface area (Å²) in [4.78, 5) is 14.6. The second-order valence-corrected chi connectivity index (χ2v) is 9.11. The van der Waals surface area contributed by atoms with Gasteiger partial charge in [-0.1, -0.05) is 31.0 Å². The first-order chi connectivity index (χ1) is 16.2. The number of hydrogen-bond acceptors (Lipinski definition) is 8. The summed E-state index contributed by atoms with van der Waals surface area (Å²) in [5.74, 6) is 2.88. The highest BCUT2D eigenvalue weighted by Crippen LogP contribution is 2.43. The number of carbonyl (C=O) groups excluding carboxylic acids is 1. The van der Waals surface area contributed by atoms with Gasteiger partial charge in [0.2, 0.25) is 11.7 Å². The fourth-order valence-electron chi connectivity index (χ4n) is 4.48. The first kappa shape index (κ1) is 23.7. The molecule has 1 amide bonds.